The number of hydroxylamine groups is 2. The molecule has 7 rings (SSSR count). The lowest BCUT2D eigenvalue weighted by atomic mass is 9.70. The number of fused-ring (bicyclic) bond motifs is 7. The molecule has 0 N–H and O–H groups in total. The molecule has 4 nitrogen and oxygen atoms in total. The normalized spacial score (nSPS) is 31.6. The van der Waals surface area contributed by atoms with E-state index in [9.17, 15) is 0 Å². The summed E-state index contributed by atoms with van der Waals surface area (Å²) in [6.45, 7) is 12.6. The number of unbranched alkanes of at least 4 members (excludes halogenated alkanes) is 1. The molecule has 0 aromatic heterocycles. The minimum atomic E-state index is -0.761. The molecular formula is C43H54INO3. The monoisotopic (exact) mass is 759 g/mol. The molecule has 2 saturated carbocycles. The van der Waals surface area contributed by atoms with Crippen molar-refractivity contribution in [3.05, 3.63) is 117 Å². The Hall–Kier alpha value is -2.03. The SMILES string of the molecule is C/C(=C\I)C[C@H](C)CCCC[C@H]1ON2[C@H]3[C@@H]4CC[C@](C)([C@H]3O[C@@H]2[C@@H]1COC(c1ccccc1)(c1ccccc1)c1ccccc1)C4(C)C. The van der Waals surface area contributed by atoms with Crippen LogP contribution in [-0.2, 0) is 19.9 Å². The molecule has 256 valence electrons. The van der Waals surface area contributed by atoms with Gasteiger partial charge in [0.05, 0.1) is 30.8 Å². The third-order valence-electron chi connectivity index (χ3n) is 13.0. The molecule has 3 aromatic rings. The van der Waals surface area contributed by atoms with Crippen LogP contribution in [0.15, 0.2) is 101 Å². The van der Waals surface area contributed by atoms with Crippen LogP contribution in [0.3, 0.4) is 0 Å². The second-order valence-electron chi connectivity index (χ2n) is 16.0. The summed E-state index contributed by atoms with van der Waals surface area (Å²) in [4.78, 5) is 7.09. The van der Waals surface area contributed by atoms with Gasteiger partial charge in [0.2, 0.25) is 0 Å². The predicted molar refractivity (Wildman–Crippen MR) is 202 cm³/mol. The lowest BCUT2D eigenvalue weighted by Crippen LogP contribution is -2.42. The first-order valence-corrected chi connectivity index (χ1v) is 19.6. The van der Waals surface area contributed by atoms with Crippen molar-refractivity contribution in [1.29, 1.82) is 0 Å². The van der Waals surface area contributed by atoms with Gasteiger partial charge in [0.25, 0.3) is 0 Å². The molecule has 0 amide bonds. The van der Waals surface area contributed by atoms with Gasteiger partial charge in [-0.15, -0.1) is 0 Å². The number of nitrogens with zero attached hydrogens (tertiary/aromatic N) is 1. The lowest BCUT2D eigenvalue weighted by molar-refractivity contribution is -0.197. The first kappa shape index (κ1) is 34.4. The molecule has 48 heavy (non-hydrogen) atoms. The molecule has 4 fully saturated rings. The Labute approximate surface area is 302 Å². The maximum atomic E-state index is 7.47. The van der Waals surface area contributed by atoms with Crippen LogP contribution in [0.5, 0.6) is 0 Å². The summed E-state index contributed by atoms with van der Waals surface area (Å²) in [6.07, 6.45) is 8.51. The van der Waals surface area contributed by atoms with Crippen LogP contribution < -0.4 is 0 Å². The molecule has 0 unspecified atom stereocenters. The third kappa shape index (κ3) is 5.83. The Morgan fingerprint density at radius 1 is 0.938 bits per heavy atom. The number of ether oxygens (including phenoxy) is 2. The predicted octanol–water partition coefficient (Wildman–Crippen LogP) is 10.7. The van der Waals surface area contributed by atoms with Gasteiger partial charge in [-0.05, 0) is 70.6 Å². The van der Waals surface area contributed by atoms with Crippen molar-refractivity contribution in [1.82, 2.24) is 5.06 Å². The topological polar surface area (TPSA) is 30.9 Å². The first-order valence-electron chi connectivity index (χ1n) is 18.4. The van der Waals surface area contributed by atoms with Crippen molar-refractivity contribution in [3.8, 4) is 0 Å². The second-order valence-corrected chi connectivity index (χ2v) is 16.7. The van der Waals surface area contributed by atoms with Crippen LogP contribution in [0.25, 0.3) is 0 Å². The van der Waals surface area contributed by atoms with Gasteiger partial charge in [-0.1, -0.05) is 166 Å². The quantitative estimate of drug-likeness (QED) is 0.0987. The average molecular weight is 760 g/mol. The van der Waals surface area contributed by atoms with Gasteiger partial charge in [-0.25, -0.2) is 0 Å². The number of allylic oxidation sites excluding steroid dienone is 1. The van der Waals surface area contributed by atoms with Crippen molar-refractivity contribution < 1.29 is 14.3 Å². The summed E-state index contributed by atoms with van der Waals surface area (Å²) in [5.41, 5.74) is 4.53. The van der Waals surface area contributed by atoms with E-state index in [4.69, 9.17) is 14.3 Å². The van der Waals surface area contributed by atoms with E-state index < -0.39 is 5.60 Å². The van der Waals surface area contributed by atoms with Crippen molar-refractivity contribution in [3.63, 3.8) is 0 Å². The van der Waals surface area contributed by atoms with Crippen LogP contribution in [-0.4, -0.2) is 36.1 Å². The summed E-state index contributed by atoms with van der Waals surface area (Å²) in [7, 11) is 0. The first-order chi connectivity index (χ1) is 23.2. The molecule has 2 heterocycles. The summed E-state index contributed by atoms with van der Waals surface area (Å²) >= 11 is 2.37. The highest BCUT2D eigenvalue weighted by atomic mass is 127. The van der Waals surface area contributed by atoms with Gasteiger partial charge in [0.1, 0.15) is 11.8 Å². The fourth-order valence-electron chi connectivity index (χ4n) is 10.00. The third-order valence-corrected chi connectivity index (χ3v) is 14.0. The van der Waals surface area contributed by atoms with Gasteiger partial charge in [0, 0.05) is 5.41 Å². The second kappa shape index (κ2) is 13.9. The zero-order valence-corrected chi connectivity index (χ0v) is 31.6. The van der Waals surface area contributed by atoms with Gasteiger partial charge in [-0.3, -0.25) is 4.84 Å². The Bertz CT molecular complexity index is 1450. The number of rotatable bonds is 13. The maximum Gasteiger partial charge on any atom is 0.143 e. The van der Waals surface area contributed by atoms with Gasteiger partial charge in [-0.2, -0.15) is 5.06 Å². The van der Waals surface area contributed by atoms with Crippen LogP contribution in [0, 0.1) is 28.6 Å². The highest BCUT2D eigenvalue weighted by Crippen LogP contribution is 2.70. The Morgan fingerprint density at radius 2 is 1.52 bits per heavy atom. The highest BCUT2D eigenvalue weighted by Gasteiger charge is 2.73. The van der Waals surface area contributed by atoms with E-state index in [1.165, 1.54) is 37.7 Å². The molecule has 8 atom stereocenters. The molecule has 0 spiro atoms. The van der Waals surface area contributed by atoms with E-state index in [0.717, 1.165) is 29.5 Å². The smallest absolute Gasteiger partial charge is 0.143 e. The zero-order chi connectivity index (χ0) is 33.5. The van der Waals surface area contributed by atoms with E-state index in [1.54, 1.807) is 0 Å². The zero-order valence-electron chi connectivity index (χ0n) is 29.5. The van der Waals surface area contributed by atoms with Crippen LogP contribution in [0.4, 0.5) is 0 Å². The molecule has 4 aliphatic rings. The molecule has 2 bridgehead atoms. The van der Waals surface area contributed by atoms with E-state index in [1.807, 2.05) is 0 Å². The fourth-order valence-corrected chi connectivity index (χ4v) is 10.3. The highest BCUT2D eigenvalue weighted by molar-refractivity contribution is 14.1. The number of benzene rings is 3. The van der Waals surface area contributed by atoms with Crippen LogP contribution >= 0.6 is 22.6 Å². The lowest BCUT2D eigenvalue weighted by Gasteiger charge is -2.39. The number of halogens is 1. The Morgan fingerprint density at radius 3 is 2.08 bits per heavy atom. The molecule has 2 aliphatic carbocycles. The van der Waals surface area contributed by atoms with Gasteiger partial charge in [0.15, 0.2) is 0 Å². The molecular weight excluding hydrogens is 705 g/mol. The van der Waals surface area contributed by atoms with Crippen molar-refractivity contribution in [2.45, 2.75) is 110 Å². The van der Waals surface area contributed by atoms with Crippen molar-refractivity contribution in [2.24, 2.45) is 28.6 Å². The van der Waals surface area contributed by atoms with E-state index in [2.05, 4.69) is 157 Å². The standard InChI is InChI=1S/C43H54INO3/c1-30(27-31(2)28-44)17-15-16-24-37-35(40-45(48-37)38-36-25-26-42(5,39(38)47-40)41(36,3)4)29-46-43(32-18-9-6-10-19-32,33-20-11-7-12-21-33)34-22-13-8-14-23-34/h6-14,18-23,28,30,35-40H,15-17,24-27,29H2,1-5H3/b31-28+/t30-,35-,36+,37-,38+,39+,40-,42-/m1/s1. The van der Waals surface area contributed by atoms with Gasteiger partial charge < -0.3 is 9.47 Å². The number of hydrogen-bond donors (Lipinski definition) is 0. The minimum absolute atomic E-state index is 0.0669. The number of hydrogen-bond acceptors (Lipinski definition) is 4. The Kier molecular flexibility index (Phi) is 10.00. The van der Waals surface area contributed by atoms with E-state index in [-0.39, 0.29) is 35.2 Å². The minimum Gasteiger partial charge on any atom is -0.360 e. The molecule has 5 heteroatoms. The average Bonchev–Trinajstić information content (AvgIpc) is 3.76. The fraction of sp³-hybridized carbons (Fsp3) is 0.535. The Balaban J connectivity index is 1.19. The molecule has 3 aromatic carbocycles. The molecule has 2 saturated heterocycles. The largest absolute Gasteiger partial charge is 0.360 e. The van der Waals surface area contributed by atoms with E-state index in [0.29, 0.717) is 24.5 Å². The van der Waals surface area contributed by atoms with Crippen molar-refractivity contribution >= 4 is 22.6 Å². The van der Waals surface area contributed by atoms with Crippen LogP contribution in [0.2, 0.25) is 0 Å². The van der Waals surface area contributed by atoms with Crippen LogP contribution in [0.1, 0.15) is 96.3 Å². The summed E-state index contributed by atoms with van der Waals surface area (Å²) in [5, 5.41) is 2.34. The molecule has 2 aliphatic heterocycles. The summed E-state index contributed by atoms with van der Waals surface area (Å²) in [6, 6.07) is 32.6. The van der Waals surface area contributed by atoms with Crippen molar-refractivity contribution in [2.75, 3.05) is 6.61 Å². The summed E-state index contributed by atoms with van der Waals surface area (Å²) in [5.74, 6) is 1.40. The molecule has 0 radical (unpaired) electrons. The van der Waals surface area contributed by atoms with Gasteiger partial charge >= 0.3 is 0 Å². The summed E-state index contributed by atoms with van der Waals surface area (Å²) < 4.78 is 16.9. The maximum absolute atomic E-state index is 7.47. The van der Waals surface area contributed by atoms with E-state index >= 15 is 0 Å².